The van der Waals surface area contributed by atoms with Crippen molar-refractivity contribution in [3.8, 4) is 5.75 Å². The van der Waals surface area contributed by atoms with Crippen molar-refractivity contribution in [2.45, 2.75) is 45.1 Å². The second-order valence-electron chi connectivity index (χ2n) is 5.63. The van der Waals surface area contributed by atoms with E-state index < -0.39 is 6.10 Å². The average molecular weight is 250 g/mol. The monoisotopic (exact) mass is 250 g/mol. The molecule has 0 aromatic heterocycles. The molecule has 3 nitrogen and oxygen atoms in total. The van der Waals surface area contributed by atoms with E-state index in [4.69, 9.17) is 0 Å². The lowest BCUT2D eigenvalue weighted by atomic mass is 9.71. The van der Waals surface area contributed by atoms with Gasteiger partial charge in [0.25, 0.3) is 0 Å². The first-order valence-electron chi connectivity index (χ1n) is 6.58. The highest BCUT2D eigenvalue weighted by atomic mass is 16.3. The lowest BCUT2D eigenvalue weighted by Crippen LogP contribution is -2.30. The molecule has 1 aromatic carbocycles. The molecule has 100 valence electrons. The second-order valence-corrected chi connectivity index (χ2v) is 5.63. The van der Waals surface area contributed by atoms with Crippen LogP contribution in [0.5, 0.6) is 5.75 Å². The quantitative estimate of drug-likeness (QED) is 0.754. The van der Waals surface area contributed by atoms with Gasteiger partial charge in [-0.15, -0.1) is 0 Å². The van der Waals surface area contributed by atoms with Gasteiger partial charge in [0.05, 0.1) is 6.10 Å². The van der Waals surface area contributed by atoms with E-state index in [1.54, 1.807) is 6.07 Å². The predicted octanol–water partition coefficient (Wildman–Crippen LogP) is 2.28. The molecule has 1 aliphatic rings. The Morgan fingerprint density at radius 2 is 2.00 bits per heavy atom. The van der Waals surface area contributed by atoms with Crippen LogP contribution < -0.4 is 0 Å². The fourth-order valence-electron chi connectivity index (χ4n) is 2.92. The number of aliphatic hydroxyl groups excluding tert-OH is 2. The van der Waals surface area contributed by atoms with E-state index in [9.17, 15) is 15.3 Å². The Morgan fingerprint density at radius 3 is 2.61 bits per heavy atom. The highest BCUT2D eigenvalue weighted by Crippen LogP contribution is 2.44. The number of aliphatic hydroxyl groups is 2. The molecule has 1 aromatic rings. The molecule has 0 amide bonds. The first kappa shape index (κ1) is 13.4. The van der Waals surface area contributed by atoms with Gasteiger partial charge in [0.2, 0.25) is 0 Å². The van der Waals surface area contributed by atoms with E-state index >= 15 is 0 Å². The molecule has 0 fully saturated rings. The average Bonchev–Trinajstić information content (AvgIpc) is 2.35. The highest BCUT2D eigenvalue weighted by Gasteiger charge is 2.34. The lowest BCUT2D eigenvalue weighted by Gasteiger charge is -2.36. The maximum Gasteiger partial charge on any atom is 0.118 e. The molecule has 0 saturated carbocycles. The Morgan fingerprint density at radius 1 is 1.33 bits per heavy atom. The fourth-order valence-corrected chi connectivity index (χ4v) is 2.92. The first-order chi connectivity index (χ1) is 8.45. The van der Waals surface area contributed by atoms with Gasteiger partial charge in [-0.2, -0.15) is 0 Å². The van der Waals surface area contributed by atoms with Crippen LogP contribution in [0.3, 0.4) is 0 Å². The Bertz CT molecular complexity index is 442. The minimum absolute atomic E-state index is 0.0358. The van der Waals surface area contributed by atoms with Crippen LogP contribution in [-0.2, 0) is 0 Å². The van der Waals surface area contributed by atoms with Crippen LogP contribution in [0.2, 0.25) is 0 Å². The molecule has 0 heterocycles. The molecule has 4 atom stereocenters. The molecular weight excluding hydrogens is 228 g/mol. The fraction of sp³-hybridized carbons (Fsp3) is 0.600. The van der Waals surface area contributed by atoms with Gasteiger partial charge in [-0.25, -0.2) is 0 Å². The summed E-state index contributed by atoms with van der Waals surface area (Å²) in [6.45, 7) is 5.98. The topological polar surface area (TPSA) is 60.7 Å². The van der Waals surface area contributed by atoms with Crippen LogP contribution in [-0.4, -0.2) is 28.0 Å². The van der Waals surface area contributed by atoms with Gasteiger partial charge in [0.15, 0.2) is 0 Å². The Kier molecular flexibility index (Phi) is 3.64. The van der Waals surface area contributed by atoms with Crippen LogP contribution in [0.25, 0.3) is 0 Å². The van der Waals surface area contributed by atoms with Gasteiger partial charge < -0.3 is 15.3 Å². The summed E-state index contributed by atoms with van der Waals surface area (Å²) in [6, 6.07) is 3.78. The van der Waals surface area contributed by atoms with Crippen molar-refractivity contribution in [3.63, 3.8) is 0 Å². The maximum atomic E-state index is 10.1. The molecule has 0 aliphatic heterocycles. The van der Waals surface area contributed by atoms with Crippen molar-refractivity contribution < 1.29 is 15.3 Å². The SMILES string of the molecule is Cc1cc2c(cc1O)[C@@H](C)[C@@H](O)C[C@H]2[C@@H](C)CO. The van der Waals surface area contributed by atoms with E-state index in [2.05, 4.69) is 0 Å². The normalized spacial score (nSPS) is 28.8. The third-order valence-electron chi connectivity index (χ3n) is 4.34. The Labute approximate surface area is 108 Å². The van der Waals surface area contributed by atoms with Crippen molar-refractivity contribution in [1.82, 2.24) is 0 Å². The van der Waals surface area contributed by atoms with E-state index in [-0.39, 0.29) is 30.1 Å². The summed E-state index contributed by atoms with van der Waals surface area (Å²) in [5.41, 5.74) is 3.04. The number of aryl methyl sites for hydroxylation is 1. The molecule has 0 spiro atoms. The Hall–Kier alpha value is -1.06. The van der Waals surface area contributed by atoms with Crippen molar-refractivity contribution in [1.29, 1.82) is 0 Å². The largest absolute Gasteiger partial charge is 0.508 e. The van der Waals surface area contributed by atoms with E-state index in [1.807, 2.05) is 26.8 Å². The van der Waals surface area contributed by atoms with E-state index in [1.165, 1.54) is 5.56 Å². The number of hydrogen-bond donors (Lipinski definition) is 3. The first-order valence-corrected chi connectivity index (χ1v) is 6.58. The molecule has 18 heavy (non-hydrogen) atoms. The molecule has 0 unspecified atom stereocenters. The molecule has 0 bridgehead atoms. The zero-order chi connectivity index (χ0) is 13.4. The summed E-state index contributed by atoms with van der Waals surface area (Å²) in [7, 11) is 0. The smallest absolute Gasteiger partial charge is 0.118 e. The van der Waals surface area contributed by atoms with Crippen LogP contribution in [0.4, 0.5) is 0 Å². The third-order valence-corrected chi connectivity index (χ3v) is 4.34. The highest BCUT2D eigenvalue weighted by molar-refractivity contribution is 5.46. The van der Waals surface area contributed by atoms with Crippen LogP contribution >= 0.6 is 0 Å². The molecule has 0 radical (unpaired) electrons. The minimum Gasteiger partial charge on any atom is -0.508 e. The maximum absolute atomic E-state index is 10.1. The third kappa shape index (κ3) is 2.13. The lowest BCUT2D eigenvalue weighted by molar-refractivity contribution is 0.100. The Balaban J connectivity index is 2.52. The summed E-state index contributed by atoms with van der Waals surface area (Å²) in [5, 5.41) is 29.3. The summed E-state index contributed by atoms with van der Waals surface area (Å²) in [5.74, 6) is 0.601. The number of phenolic OH excluding ortho intramolecular Hbond substituents is 1. The number of hydrogen-bond acceptors (Lipinski definition) is 3. The number of benzene rings is 1. The van der Waals surface area contributed by atoms with Crippen molar-refractivity contribution >= 4 is 0 Å². The summed E-state index contributed by atoms with van der Waals surface area (Å²) >= 11 is 0. The molecule has 0 saturated heterocycles. The van der Waals surface area contributed by atoms with Gasteiger partial charge in [-0.05, 0) is 47.9 Å². The number of aromatic hydroxyl groups is 1. The predicted molar refractivity (Wildman–Crippen MR) is 70.9 cm³/mol. The summed E-state index contributed by atoms with van der Waals surface area (Å²) in [4.78, 5) is 0. The number of phenols is 1. The van der Waals surface area contributed by atoms with Crippen LogP contribution in [0.15, 0.2) is 12.1 Å². The second kappa shape index (κ2) is 4.90. The van der Waals surface area contributed by atoms with Crippen molar-refractivity contribution in [2.75, 3.05) is 6.61 Å². The summed E-state index contributed by atoms with van der Waals surface area (Å²) in [6.07, 6.45) is 0.277. The molecule has 3 heteroatoms. The molecule has 2 rings (SSSR count). The molecule has 1 aliphatic carbocycles. The number of rotatable bonds is 2. The standard InChI is InChI=1S/C15H22O3/c1-8-4-13-11(9(2)7-16)5-15(18)10(3)12(13)6-14(8)17/h4,6,9-11,15-18H,5,7H2,1-3H3/t9-,10+,11-,15-/m0/s1. The molecular formula is C15H22O3. The minimum atomic E-state index is -0.404. The van der Waals surface area contributed by atoms with Gasteiger partial charge >= 0.3 is 0 Å². The zero-order valence-corrected chi connectivity index (χ0v) is 11.2. The van der Waals surface area contributed by atoms with E-state index in [0.717, 1.165) is 11.1 Å². The van der Waals surface area contributed by atoms with Crippen LogP contribution in [0.1, 0.15) is 48.8 Å². The molecule has 3 N–H and O–H groups in total. The number of fused-ring (bicyclic) bond motifs is 1. The van der Waals surface area contributed by atoms with Gasteiger partial charge in [0.1, 0.15) is 5.75 Å². The van der Waals surface area contributed by atoms with Gasteiger partial charge in [-0.1, -0.05) is 19.9 Å². The van der Waals surface area contributed by atoms with Gasteiger partial charge in [0, 0.05) is 12.5 Å². The van der Waals surface area contributed by atoms with Crippen molar-refractivity contribution in [2.24, 2.45) is 5.92 Å². The van der Waals surface area contributed by atoms with E-state index in [0.29, 0.717) is 6.42 Å². The van der Waals surface area contributed by atoms with Crippen molar-refractivity contribution in [3.05, 3.63) is 28.8 Å². The van der Waals surface area contributed by atoms with Crippen LogP contribution in [0, 0.1) is 12.8 Å². The van der Waals surface area contributed by atoms with Gasteiger partial charge in [-0.3, -0.25) is 0 Å². The zero-order valence-electron chi connectivity index (χ0n) is 11.2. The summed E-state index contributed by atoms with van der Waals surface area (Å²) < 4.78 is 0.